The van der Waals surface area contributed by atoms with E-state index in [1.54, 1.807) is 0 Å². The van der Waals surface area contributed by atoms with Gasteiger partial charge in [-0.25, -0.2) is 0 Å². The van der Waals surface area contributed by atoms with Crippen LogP contribution >= 0.6 is 0 Å². The number of ether oxygens (including phenoxy) is 2. The lowest BCUT2D eigenvalue weighted by Gasteiger charge is -2.27. The Labute approximate surface area is 131 Å². The van der Waals surface area contributed by atoms with Gasteiger partial charge in [-0.1, -0.05) is 6.07 Å². The van der Waals surface area contributed by atoms with Gasteiger partial charge in [0.15, 0.2) is 28.8 Å². The summed E-state index contributed by atoms with van der Waals surface area (Å²) in [5, 5.41) is 38.8. The number of phenols is 4. The molecule has 0 saturated heterocycles. The van der Waals surface area contributed by atoms with Gasteiger partial charge in [-0.3, -0.25) is 4.79 Å². The molecular weight excluding hydrogens is 304 g/mol. The van der Waals surface area contributed by atoms with Crippen LogP contribution in [0.4, 0.5) is 0 Å². The van der Waals surface area contributed by atoms with E-state index in [1.165, 1.54) is 31.4 Å². The molecule has 4 N–H and O–H groups in total. The normalized spacial score (nSPS) is 16.6. The highest BCUT2D eigenvalue weighted by molar-refractivity contribution is 6.03. The lowest BCUT2D eigenvalue weighted by molar-refractivity contribution is 0.0843. The number of rotatable bonds is 2. The molecule has 7 nitrogen and oxygen atoms in total. The summed E-state index contributed by atoms with van der Waals surface area (Å²) in [7, 11) is 1.26. The number of benzene rings is 2. The molecule has 1 aliphatic heterocycles. The van der Waals surface area contributed by atoms with Gasteiger partial charge in [0.05, 0.1) is 13.5 Å². The van der Waals surface area contributed by atoms with Gasteiger partial charge in [0.1, 0.15) is 17.4 Å². The van der Waals surface area contributed by atoms with Crippen molar-refractivity contribution >= 4 is 5.78 Å². The number of methoxy groups -OCH3 is 1. The van der Waals surface area contributed by atoms with Gasteiger partial charge < -0.3 is 29.9 Å². The highest BCUT2D eigenvalue weighted by Crippen LogP contribution is 2.48. The quantitative estimate of drug-likeness (QED) is 0.627. The molecule has 0 aliphatic carbocycles. The van der Waals surface area contributed by atoms with Gasteiger partial charge in [-0.05, 0) is 17.7 Å². The Balaban J connectivity index is 2.04. The molecular formula is C16H14O7. The van der Waals surface area contributed by atoms with Crippen molar-refractivity contribution in [1.29, 1.82) is 0 Å². The molecule has 120 valence electrons. The van der Waals surface area contributed by atoms with E-state index in [-0.39, 0.29) is 46.5 Å². The first-order valence-corrected chi connectivity index (χ1v) is 6.77. The van der Waals surface area contributed by atoms with E-state index in [0.29, 0.717) is 5.56 Å². The standard InChI is InChI=1S/C16H14O7/c1-22-16-11(20)6-13-14(15(16)21)10(19)5-12(23-13)7-2-3-8(17)9(18)4-7/h2-4,6,12,17-18,20-21H,5H2,1H3/t12-/m1/s1. The lowest BCUT2D eigenvalue weighted by Crippen LogP contribution is -2.20. The summed E-state index contributed by atoms with van der Waals surface area (Å²) < 4.78 is 10.5. The Morgan fingerprint density at radius 1 is 1.09 bits per heavy atom. The Morgan fingerprint density at radius 3 is 2.48 bits per heavy atom. The van der Waals surface area contributed by atoms with Gasteiger partial charge in [0.2, 0.25) is 5.75 Å². The number of Topliss-reactive ketones (excluding diaryl/α,β-unsaturated/α-hetero) is 1. The summed E-state index contributed by atoms with van der Waals surface area (Å²) in [4.78, 5) is 12.3. The van der Waals surface area contributed by atoms with Crippen LogP contribution in [0.25, 0.3) is 0 Å². The van der Waals surface area contributed by atoms with E-state index in [9.17, 15) is 25.2 Å². The van der Waals surface area contributed by atoms with E-state index in [1.807, 2.05) is 0 Å². The molecule has 2 aromatic rings. The summed E-state index contributed by atoms with van der Waals surface area (Å²) >= 11 is 0. The maximum absolute atomic E-state index is 12.3. The zero-order chi connectivity index (χ0) is 16.7. The topological polar surface area (TPSA) is 116 Å². The third kappa shape index (κ3) is 2.36. The van der Waals surface area contributed by atoms with Gasteiger partial charge in [0.25, 0.3) is 0 Å². The van der Waals surface area contributed by atoms with E-state index in [4.69, 9.17) is 9.47 Å². The molecule has 0 spiro atoms. The van der Waals surface area contributed by atoms with E-state index in [0.717, 1.165) is 0 Å². The molecule has 0 radical (unpaired) electrons. The second-order valence-corrected chi connectivity index (χ2v) is 5.13. The monoisotopic (exact) mass is 318 g/mol. The minimum atomic E-state index is -0.714. The molecule has 1 aliphatic rings. The Morgan fingerprint density at radius 2 is 1.83 bits per heavy atom. The fourth-order valence-corrected chi connectivity index (χ4v) is 2.57. The zero-order valence-corrected chi connectivity index (χ0v) is 12.1. The smallest absolute Gasteiger partial charge is 0.203 e. The highest BCUT2D eigenvalue weighted by atomic mass is 16.5. The first kappa shape index (κ1) is 14.8. The number of ketones is 1. The fourth-order valence-electron chi connectivity index (χ4n) is 2.57. The first-order valence-electron chi connectivity index (χ1n) is 6.77. The van der Waals surface area contributed by atoms with Gasteiger partial charge in [0, 0.05) is 6.07 Å². The molecule has 0 bridgehead atoms. The average molecular weight is 318 g/mol. The fraction of sp³-hybridized carbons (Fsp3) is 0.188. The van der Waals surface area contributed by atoms with Crippen LogP contribution in [0.1, 0.15) is 28.4 Å². The van der Waals surface area contributed by atoms with Gasteiger partial charge in [-0.15, -0.1) is 0 Å². The molecule has 0 saturated carbocycles. The molecule has 0 aromatic heterocycles. The van der Waals surface area contributed by atoms with Crippen LogP contribution in [0.2, 0.25) is 0 Å². The van der Waals surface area contributed by atoms with Crippen molar-refractivity contribution in [2.45, 2.75) is 12.5 Å². The van der Waals surface area contributed by atoms with Crippen LogP contribution in [0.5, 0.6) is 34.5 Å². The molecule has 0 fully saturated rings. The maximum Gasteiger partial charge on any atom is 0.203 e. The summed E-state index contributed by atoms with van der Waals surface area (Å²) in [6.45, 7) is 0. The number of hydrogen-bond donors (Lipinski definition) is 4. The number of carbonyl (C=O) groups excluding carboxylic acids is 1. The number of hydrogen-bond acceptors (Lipinski definition) is 7. The predicted molar refractivity (Wildman–Crippen MR) is 78.4 cm³/mol. The van der Waals surface area contributed by atoms with Gasteiger partial charge >= 0.3 is 0 Å². The van der Waals surface area contributed by atoms with Crippen molar-refractivity contribution in [3.8, 4) is 34.5 Å². The van der Waals surface area contributed by atoms with Crippen LogP contribution in [0, 0.1) is 0 Å². The average Bonchev–Trinajstić information content (AvgIpc) is 2.49. The van der Waals surface area contributed by atoms with Crippen molar-refractivity contribution in [2.24, 2.45) is 0 Å². The zero-order valence-electron chi connectivity index (χ0n) is 12.1. The second kappa shape index (κ2) is 5.28. The summed E-state index contributed by atoms with van der Waals surface area (Å²) in [6, 6.07) is 5.29. The summed E-state index contributed by atoms with van der Waals surface area (Å²) in [5.74, 6) is -2.00. The first-order chi connectivity index (χ1) is 10.9. The molecule has 23 heavy (non-hydrogen) atoms. The van der Waals surface area contributed by atoms with Crippen LogP contribution in [-0.2, 0) is 0 Å². The molecule has 0 amide bonds. The van der Waals surface area contributed by atoms with Crippen LogP contribution < -0.4 is 9.47 Å². The molecule has 2 aromatic carbocycles. The number of phenolic OH excluding ortho intramolecular Hbond substituents is 4. The SMILES string of the molecule is COc1c(O)cc2c(c1O)C(=O)C[C@H](c1ccc(O)c(O)c1)O2. The Hall–Kier alpha value is -3.09. The van der Waals surface area contributed by atoms with Crippen molar-refractivity contribution in [1.82, 2.24) is 0 Å². The molecule has 1 atom stereocenters. The van der Waals surface area contributed by atoms with E-state index in [2.05, 4.69) is 0 Å². The lowest BCUT2D eigenvalue weighted by atomic mass is 9.95. The van der Waals surface area contributed by atoms with Crippen LogP contribution in [0.15, 0.2) is 24.3 Å². The summed E-state index contributed by atoms with van der Waals surface area (Å²) in [6.07, 6.45) is -0.785. The second-order valence-electron chi connectivity index (χ2n) is 5.13. The third-order valence-electron chi connectivity index (χ3n) is 3.69. The molecule has 7 heteroatoms. The number of fused-ring (bicyclic) bond motifs is 1. The molecule has 0 unspecified atom stereocenters. The molecule has 1 heterocycles. The van der Waals surface area contributed by atoms with E-state index >= 15 is 0 Å². The molecule has 3 rings (SSSR count). The Kier molecular flexibility index (Phi) is 3.40. The maximum atomic E-state index is 12.3. The predicted octanol–water partition coefficient (Wildman–Crippen LogP) is 2.22. The van der Waals surface area contributed by atoms with Crippen molar-refractivity contribution in [3.63, 3.8) is 0 Å². The van der Waals surface area contributed by atoms with Crippen molar-refractivity contribution in [2.75, 3.05) is 7.11 Å². The van der Waals surface area contributed by atoms with E-state index < -0.39 is 11.9 Å². The summed E-state index contributed by atoms with van der Waals surface area (Å²) in [5.41, 5.74) is 0.424. The van der Waals surface area contributed by atoms with Gasteiger partial charge in [-0.2, -0.15) is 0 Å². The highest BCUT2D eigenvalue weighted by Gasteiger charge is 2.33. The number of carbonyl (C=O) groups is 1. The minimum absolute atomic E-state index is 0.0228. The van der Waals surface area contributed by atoms with Crippen LogP contribution in [-0.4, -0.2) is 33.3 Å². The van der Waals surface area contributed by atoms with Crippen molar-refractivity contribution < 1.29 is 34.7 Å². The largest absolute Gasteiger partial charge is 0.504 e. The van der Waals surface area contributed by atoms with Crippen LogP contribution in [0.3, 0.4) is 0 Å². The third-order valence-corrected chi connectivity index (χ3v) is 3.69. The number of aromatic hydroxyl groups is 4. The minimum Gasteiger partial charge on any atom is -0.504 e. The Bertz CT molecular complexity index is 798. The van der Waals surface area contributed by atoms with Crippen molar-refractivity contribution in [3.05, 3.63) is 35.4 Å².